The lowest BCUT2D eigenvalue weighted by Gasteiger charge is -2.15. The SMILES string of the molecule is CCCCCCCCCCC(=O)N(C)CCC. The van der Waals surface area contributed by atoms with E-state index in [4.69, 9.17) is 0 Å². The van der Waals surface area contributed by atoms with Gasteiger partial charge in [-0.25, -0.2) is 0 Å². The Labute approximate surface area is 108 Å². The van der Waals surface area contributed by atoms with Crippen molar-refractivity contribution in [1.29, 1.82) is 0 Å². The Bertz CT molecular complexity index is 180. The van der Waals surface area contributed by atoms with Crippen molar-refractivity contribution in [2.24, 2.45) is 0 Å². The molecule has 0 saturated heterocycles. The normalized spacial score (nSPS) is 10.5. The average Bonchev–Trinajstić information content (AvgIpc) is 2.32. The standard InChI is InChI=1S/C15H31NO/c1-4-6-7-8-9-10-11-12-13-15(17)16(3)14-5-2/h4-14H2,1-3H3. The lowest BCUT2D eigenvalue weighted by molar-refractivity contribution is -0.130. The maximum Gasteiger partial charge on any atom is 0.222 e. The molecule has 17 heavy (non-hydrogen) atoms. The van der Waals surface area contributed by atoms with Crippen LogP contribution in [0.5, 0.6) is 0 Å². The maximum atomic E-state index is 11.6. The highest BCUT2D eigenvalue weighted by atomic mass is 16.2. The van der Waals surface area contributed by atoms with Gasteiger partial charge in [-0.05, 0) is 12.8 Å². The molecule has 0 aromatic carbocycles. The van der Waals surface area contributed by atoms with Crippen molar-refractivity contribution in [3.63, 3.8) is 0 Å². The minimum atomic E-state index is 0.317. The molecule has 0 rings (SSSR count). The van der Waals surface area contributed by atoms with Crippen molar-refractivity contribution >= 4 is 5.91 Å². The van der Waals surface area contributed by atoms with E-state index < -0.39 is 0 Å². The predicted octanol–water partition coefficient (Wildman–Crippen LogP) is 4.39. The molecule has 102 valence electrons. The second kappa shape index (κ2) is 11.9. The number of nitrogens with zero attached hydrogens (tertiary/aromatic N) is 1. The van der Waals surface area contributed by atoms with E-state index in [1.165, 1.54) is 44.9 Å². The van der Waals surface area contributed by atoms with Gasteiger partial charge >= 0.3 is 0 Å². The van der Waals surface area contributed by atoms with Crippen LogP contribution in [0.4, 0.5) is 0 Å². The van der Waals surface area contributed by atoms with Crippen LogP contribution in [0.25, 0.3) is 0 Å². The molecule has 0 aromatic heterocycles. The maximum absolute atomic E-state index is 11.6. The van der Waals surface area contributed by atoms with E-state index in [-0.39, 0.29) is 0 Å². The molecule has 0 aliphatic rings. The molecule has 2 nitrogen and oxygen atoms in total. The monoisotopic (exact) mass is 241 g/mol. The molecule has 0 radical (unpaired) electrons. The Balaban J connectivity index is 3.24. The molecular formula is C15H31NO. The highest BCUT2D eigenvalue weighted by Crippen LogP contribution is 2.10. The molecule has 0 unspecified atom stereocenters. The van der Waals surface area contributed by atoms with Crippen LogP contribution in [0, 0.1) is 0 Å². The van der Waals surface area contributed by atoms with Crippen LogP contribution in [-0.4, -0.2) is 24.4 Å². The van der Waals surface area contributed by atoms with E-state index >= 15 is 0 Å². The van der Waals surface area contributed by atoms with Crippen molar-refractivity contribution in [2.75, 3.05) is 13.6 Å². The quantitative estimate of drug-likeness (QED) is 0.491. The zero-order valence-electron chi connectivity index (χ0n) is 12.1. The molecular weight excluding hydrogens is 210 g/mol. The molecule has 0 heterocycles. The van der Waals surface area contributed by atoms with Crippen LogP contribution in [0.1, 0.15) is 78.1 Å². The summed E-state index contributed by atoms with van der Waals surface area (Å²) in [6.45, 7) is 5.26. The van der Waals surface area contributed by atoms with E-state index in [2.05, 4.69) is 13.8 Å². The fourth-order valence-electron chi connectivity index (χ4n) is 2.06. The summed E-state index contributed by atoms with van der Waals surface area (Å²) in [4.78, 5) is 13.5. The number of carbonyl (C=O) groups is 1. The van der Waals surface area contributed by atoms with Gasteiger partial charge in [-0.2, -0.15) is 0 Å². The zero-order valence-corrected chi connectivity index (χ0v) is 12.1. The van der Waals surface area contributed by atoms with Gasteiger partial charge in [-0.15, -0.1) is 0 Å². The molecule has 0 aliphatic heterocycles. The van der Waals surface area contributed by atoms with Crippen LogP contribution in [0.2, 0.25) is 0 Å². The van der Waals surface area contributed by atoms with E-state index in [0.29, 0.717) is 5.91 Å². The molecule has 0 aromatic rings. The first-order chi connectivity index (χ1) is 8.22. The molecule has 2 heteroatoms. The molecule has 0 atom stereocenters. The lowest BCUT2D eigenvalue weighted by Crippen LogP contribution is -2.26. The van der Waals surface area contributed by atoms with Gasteiger partial charge in [-0.3, -0.25) is 4.79 Å². The minimum absolute atomic E-state index is 0.317. The van der Waals surface area contributed by atoms with Gasteiger partial charge in [0.2, 0.25) is 5.91 Å². The molecule has 0 N–H and O–H groups in total. The number of hydrogen-bond acceptors (Lipinski definition) is 1. The van der Waals surface area contributed by atoms with Crippen molar-refractivity contribution in [3.8, 4) is 0 Å². The van der Waals surface area contributed by atoms with Gasteiger partial charge in [0.05, 0.1) is 0 Å². The predicted molar refractivity (Wildman–Crippen MR) is 75.2 cm³/mol. The summed E-state index contributed by atoms with van der Waals surface area (Å²) in [6, 6.07) is 0. The molecule has 0 bridgehead atoms. The van der Waals surface area contributed by atoms with E-state index in [9.17, 15) is 4.79 Å². The average molecular weight is 241 g/mol. The highest BCUT2D eigenvalue weighted by molar-refractivity contribution is 5.75. The smallest absolute Gasteiger partial charge is 0.222 e. The van der Waals surface area contributed by atoms with Crippen molar-refractivity contribution in [3.05, 3.63) is 0 Å². The number of hydrogen-bond donors (Lipinski definition) is 0. The summed E-state index contributed by atoms with van der Waals surface area (Å²) < 4.78 is 0. The Hall–Kier alpha value is -0.530. The summed E-state index contributed by atoms with van der Waals surface area (Å²) in [7, 11) is 1.91. The van der Waals surface area contributed by atoms with Crippen LogP contribution < -0.4 is 0 Å². The Kier molecular flexibility index (Phi) is 11.6. The van der Waals surface area contributed by atoms with Gasteiger partial charge in [-0.1, -0.05) is 58.8 Å². The largest absolute Gasteiger partial charge is 0.346 e. The summed E-state index contributed by atoms with van der Waals surface area (Å²) in [6.07, 6.45) is 12.2. The Morgan fingerprint density at radius 3 is 1.88 bits per heavy atom. The Morgan fingerprint density at radius 1 is 0.824 bits per heavy atom. The fourth-order valence-corrected chi connectivity index (χ4v) is 2.06. The first-order valence-electron chi connectivity index (χ1n) is 7.46. The summed E-state index contributed by atoms with van der Waals surface area (Å²) in [5.74, 6) is 0.317. The van der Waals surface area contributed by atoms with Crippen LogP contribution in [-0.2, 0) is 4.79 Å². The van der Waals surface area contributed by atoms with Crippen molar-refractivity contribution in [1.82, 2.24) is 4.90 Å². The molecule has 0 spiro atoms. The molecule has 0 aliphatic carbocycles. The summed E-state index contributed by atoms with van der Waals surface area (Å²) >= 11 is 0. The Morgan fingerprint density at radius 2 is 1.35 bits per heavy atom. The number of rotatable bonds is 11. The first kappa shape index (κ1) is 16.5. The van der Waals surface area contributed by atoms with Crippen LogP contribution in [0.3, 0.4) is 0 Å². The van der Waals surface area contributed by atoms with E-state index in [1.807, 2.05) is 11.9 Å². The van der Waals surface area contributed by atoms with Gasteiger partial charge < -0.3 is 4.90 Å². The van der Waals surface area contributed by atoms with Crippen LogP contribution in [0.15, 0.2) is 0 Å². The van der Waals surface area contributed by atoms with E-state index in [1.54, 1.807) is 0 Å². The van der Waals surface area contributed by atoms with Crippen molar-refractivity contribution in [2.45, 2.75) is 78.1 Å². The fraction of sp³-hybridized carbons (Fsp3) is 0.933. The molecule has 1 amide bonds. The van der Waals surface area contributed by atoms with Gasteiger partial charge in [0, 0.05) is 20.0 Å². The molecule has 0 fully saturated rings. The first-order valence-corrected chi connectivity index (χ1v) is 7.46. The summed E-state index contributed by atoms with van der Waals surface area (Å²) in [5, 5.41) is 0. The zero-order chi connectivity index (χ0) is 12.9. The third-order valence-corrected chi connectivity index (χ3v) is 3.23. The van der Waals surface area contributed by atoms with Gasteiger partial charge in [0.15, 0.2) is 0 Å². The second-order valence-corrected chi connectivity index (χ2v) is 5.04. The summed E-state index contributed by atoms with van der Waals surface area (Å²) in [5.41, 5.74) is 0. The number of unbranched alkanes of at least 4 members (excludes halogenated alkanes) is 7. The third-order valence-electron chi connectivity index (χ3n) is 3.23. The highest BCUT2D eigenvalue weighted by Gasteiger charge is 2.06. The van der Waals surface area contributed by atoms with E-state index in [0.717, 1.165) is 25.8 Å². The van der Waals surface area contributed by atoms with Gasteiger partial charge in [0.25, 0.3) is 0 Å². The minimum Gasteiger partial charge on any atom is -0.346 e. The molecule has 0 saturated carbocycles. The third kappa shape index (κ3) is 10.3. The van der Waals surface area contributed by atoms with Crippen molar-refractivity contribution < 1.29 is 4.79 Å². The second-order valence-electron chi connectivity index (χ2n) is 5.04. The topological polar surface area (TPSA) is 20.3 Å². The lowest BCUT2D eigenvalue weighted by atomic mass is 10.1. The number of amides is 1. The number of carbonyl (C=O) groups excluding carboxylic acids is 1. The van der Waals surface area contributed by atoms with Gasteiger partial charge in [0.1, 0.15) is 0 Å². The van der Waals surface area contributed by atoms with Crippen LogP contribution >= 0.6 is 0 Å².